The predicted molar refractivity (Wildman–Crippen MR) is 106 cm³/mol. The largest absolute Gasteiger partial charge is 0.391 e. The highest BCUT2D eigenvalue weighted by atomic mass is 16.3. The van der Waals surface area contributed by atoms with Crippen LogP contribution < -0.4 is 10.2 Å². The van der Waals surface area contributed by atoms with Gasteiger partial charge in [-0.05, 0) is 30.7 Å². The predicted octanol–water partition coefficient (Wildman–Crippen LogP) is 1.91. The molecular weight excluding hydrogens is 354 g/mol. The third kappa shape index (κ3) is 3.99. The average Bonchev–Trinajstić information content (AvgIpc) is 2.76. The van der Waals surface area contributed by atoms with Gasteiger partial charge < -0.3 is 15.3 Å². The topological polar surface area (TPSA) is 91.2 Å². The minimum atomic E-state index is -0.611. The van der Waals surface area contributed by atoms with Crippen molar-refractivity contribution < 1.29 is 9.90 Å². The molecule has 0 saturated carbocycles. The number of aromatic nitrogens is 3. The Morgan fingerprint density at radius 1 is 1.04 bits per heavy atom. The van der Waals surface area contributed by atoms with Crippen LogP contribution in [0.25, 0.3) is 11.3 Å². The number of hydrogen-bond acceptors (Lipinski definition) is 6. The van der Waals surface area contributed by atoms with Crippen LogP contribution in [0.15, 0.2) is 66.9 Å². The molecule has 7 heteroatoms. The van der Waals surface area contributed by atoms with Gasteiger partial charge in [0, 0.05) is 24.8 Å². The number of amides is 1. The molecule has 2 aromatic heterocycles. The van der Waals surface area contributed by atoms with Gasteiger partial charge in [0.25, 0.3) is 5.91 Å². The van der Waals surface area contributed by atoms with E-state index in [2.05, 4.69) is 20.5 Å². The lowest BCUT2D eigenvalue weighted by Gasteiger charge is -2.36. The zero-order valence-corrected chi connectivity index (χ0v) is 15.3. The molecule has 28 heavy (non-hydrogen) atoms. The summed E-state index contributed by atoms with van der Waals surface area (Å²) >= 11 is 0. The molecule has 1 amide bonds. The van der Waals surface area contributed by atoms with E-state index in [9.17, 15) is 9.90 Å². The molecule has 3 aromatic rings. The first-order valence-corrected chi connectivity index (χ1v) is 9.25. The monoisotopic (exact) mass is 375 g/mol. The van der Waals surface area contributed by atoms with Crippen LogP contribution in [-0.4, -0.2) is 51.4 Å². The third-order valence-electron chi connectivity index (χ3n) is 4.83. The second-order valence-electron chi connectivity index (χ2n) is 6.74. The van der Waals surface area contributed by atoms with Crippen molar-refractivity contribution in [3.8, 4) is 11.3 Å². The lowest BCUT2D eigenvalue weighted by Crippen LogP contribution is -2.55. The molecule has 1 aromatic carbocycles. The van der Waals surface area contributed by atoms with E-state index in [-0.39, 0.29) is 5.91 Å². The molecule has 4 rings (SSSR count). The smallest absolute Gasteiger partial charge is 0.270 e. The van der Waals surface area contributed by atoms with Gasteiger partial charge >= 0.3 is 0 Å². The quantitative estimate of drug-likeness (QED) is 0.724. The number of piperidine rings is 1. The summed E-state index contributed by atoms with van der Waals surface area (Å²) in [5, 5.41) is 21.9. The highest BCUT2D eigenvalue weighted by molar-refractivity contribution is 5.92. The number of hydrogen-bond donors (Lipinski definition) is 2. The molecule has 142 valence electrons. The number of nitrogens with one attached hydrogen (secondary N) is 1. The first-order chi connectivity index (χ1) is 13.7. The highest BCUT2D eigenvalue weighted by Crippen LogP contribution is 2.21. The molecule has 1 aliphatic heterocycles. The third-order valence-corrected chi connectivity index (χ3v) is 4.83. The van der Waals surface area contributed by atoms with Gasteiger partial charge in [-0.3, -0.25) is 9.78 Å². The number of carbonyl (C=O) groups excluding carboxylic acids is 1. The van der Waals surface area contributed by atoms with Crippen LogP contribution in [0.4, 0.5) is 5.82 Å². The second-order valence-corrected chi connectivity index (χ2v) is 6.74. The van der Waals surface area contributed by atoms with Crippen molar-refractivity contribution >= 4 is 11.7 Å². The van der Waals surface area contributed by atoms with Gasteiger partial charge in [-0.15, -0.1) is 10.2 Å². The van der Waals surface area contributed by atoms with Crippen molar-refractivity contribution in [3.63, 3.8) is 0 Å². The lowest BCUT2D eigenvalue weighted by molar-refractivity contribution is 0.0781. The van der Waals surface area contributed by atoms with Gasteiger partial charge in [-0.1, -0.05) is 36.4 Å². The van der Waals surface area contributed by atoms with E-state index in [1.54, 1.807) is 24.4 Å². The molecule has 0 spiro atoms. The Morgan fingerprint density at radius 2 is 1.86 bits per heavy atom. The van der Waals surface area contributed by atoms with Gasteiger partial charge in [-0.25, -0.2) is 0 Å². The Morgan fingerprint density at radius 3 is 2.57 bits per heavy atom. The summed E-state index contributed by atoms with van der Waals surface area (Å²) in [6, 6.07) is 18.5. The molecule has 2 N–H and O–H groups in total. The molecule has 1 saturated heterocycles. The highest BCUT2D eigenvalue weighted by Gasteiger charge is 2.30. The Bertz CT molecular complexity index is 919. The average molecular weight is 375 g/mol. The molecule has 0 bridgehead atoms. The van der Waals surface area contributed by atoms with E-state index >= 15 is 0 Å². The van der Waals surface area contributed by atoms with E-state index in [1.165, 1.54) is 0 Å². The molecule has 7 nitrogen and oxygen atoms in total. The summed E-state index contributed by atoms with van der Waals surface area (Å²) in [7, 11) is 0. The Balaban J connectivity index is 1.45. The molecule has 0 unspecified atom stereocenters. The fourth-order valence-corrected chi connectivity index (χ4v) is 3.29. The number of benzene rings is 1. The van der Waals surface area contributed by atoms with Crippen molar-refractivity contribution in [2.75, 3.05) is 18.0 Å². The Kier molecular flexibility index (Phi) is 5.25. The van der Waals surface area contributed by atoms with Crippen LogP contribution >= 0.6 is 0 Å². The van der Waals surface area contributed by atoms with E-state index in [4.69, 9.17) is 0 Å². The van der Waals surface area contributed by atoms with E-state index < -0.39 is 12.1 Å². The Labute approximate surface area is 163 Å². The number of rotatable bonds is 4. The van der Waals surface area contributed by atoms with Gasteiger partial charge in [0.15, 0.2) is 5.82 Å². The molecule has 0 aliphatic carbocycles. The van der Waals surface area contributed by atoms with Crippen molar-refractivity contribution in [1.82, 2.24) is 20.5 Å². The number of anilines is 1. The van der Waals surface area contributed by atoms with Crippen LogP contribution in [0.2, 0.25) is 0 Å². The Hall–Kier alpha value is -3.32. The van der Waals surface area contributed by atoms with Crippen LogP contribution in [-0.2, 0) is 0 Å². The van der Waals surface area contributed by atoms with Crippen molar-refractivity contribution in [3.05, 3.63) is 72.6 Å². The lowest BCUT2D eigenvalue weighted by atomic mass is 10.0. The standard InChI is InChI=1S/C21H21N5O2/c27-19-11-13-26(14-18(19)23-21(28)17-8-4-5-12-22-17)20-10-9-16(24-25-20)15-6-2-1-3-7-15/h1-10,12,18-19,27H,11,13-14H2,(H,23,28)/t18-,19+/m1/s1. The zero-order chi connectivity index (χ0) is 19.3. The van der Waals surface area contributed by atoms with E-state index in [0.717, 1.165) is 17.1 Å². The number of nitrogens with zero attached hydrogens (tertiary/aromatic N) is 4. The maximum atomic E-state index is 12.4. The van der Waals surface area contributed by atoms with Crippen LogP contribution in [0.5, 0.6) is 0 Å². The van der Waals surface area contributed by atoms with Gasteiger partial charge in [0.1, 0.15) is 5.69 Å². The zero-order valence-electron chi connectivity index (χ0n) is 15.3. The van der Waals surface area contributed by atoms with Crippen LogP contribution in [0.1, 0.15) is 16.9 Å². The van der Waals surface area contributed by atoms with Crippen molar-refractivity contribution in [1.29, 1.82) is 0 Å². The summed E-state index contributed by atoms with van der Waals surface area (Å²) < 4.78 is 0. The fourth-order valence-electron chi connectivity index (χ4n) is 3.29. The first-order valence-electron chi connectivity index (χ1n) is 9.25. The fraction of sp³-hybridized carbons (Fsp3) is 0.238. The molecule has 0 radical (unpaired) electrons. The van der Waals surface area contributed by atoms with E-state index in [1.807, 2.05) is 47.4 Å². The van der Waals surface area contributed by atoms with Gasteiger partial charge in [0.05, 0.1) is 17.8 Å². The second kappa shape index (κ2) is 8.14. The number of aliphatic hydroxyl groups is 1. The van der Waals surface area contributed by atoms with Gasteiger partial charge in [0.2, 0.25) is 0 Å². The summed E-state index contributed by atoms with van der Waals surface area (Å²) in [6.07, 6.45) is 1.50. The van der Waals surface area contributed by atoms with Crippen LogP contribution in [0.3, 0.4) is 0 Å². The molecule has 3 heterocycles. The number of aliphatic hydroxyl groups excluding tert-OH is 1. The molecular formula is C21H21N5O2. The molecule has 1 fully saturated rings. The summed E-state index contributed by atoms with van der Waals surface area (Å²) in [4.78, 5) is 18.5. The van der Waals surface area contributed by atoms with E-state index in [0.29, 0.717) is 25.2 Å². The van der Waals surface area contributed by atoms with Gasteiger partial charge in [-0.2, -0.15) is 0 Å². The van der Waals surface area contributed by atoms with Crippen molar-refractivity contribution in [2.45, 2.75) is 18.6 Å². The minimum absolute atomic E-state index is 0.294. The SMILES string of the molecule is O=C(N[C@@H]1CN(c2ccc(-c3ccccc3)nn2)CC[C@@H]1O)c1ccccn1. The molecule has 2 atom stereocenters. The summed E-state index contributed by atoms with van der Waals surface area (Å²) in [6.45, 7) is 1.11. The van der Waals surface area contributed by atoms with Crippen molar-refractivity contribution in [2.24, 2.45) is 0 Å². The number of pyridine rings is 1. The maximum Gasteiger partial charge on any atom is 0.270 e. The summed E-state index contributed by atoms with van der Waals surface area (Å²) in [5.41, 5.74) is 2.15. The normalized spacial score (nSPS) is 19.2. The van der Waals surface area contributed by atoms with Crippen LogP contribution in [0, 0.1) is 0 Å². The summed E-state index contributed by atoms with van der Waals surface area (Å²) in [5.74, 6) is 0.431. The maximum absolute atomic E-state index is 12.4. The molecule has 1 aliphatic rings. The number of carbonyl (C=O) groups is 1. The minimum Gasteiger partial charge on any atom is -0.391 e. The first kappa shape index (κ1) is 18.1.